The summed E-state index contributed by atoms with van der Waals surface area (Å²) in [6.07, 6.45) is 2.76. The predicted molar refractivity (Wildman–Crippen MR) is 51.7 cm³/mol. The Kier molecular flexibility index (Phi) is 4.58. The van der Waals surface area contributed by atoms with Gasteiger partial charge in [0.05, 0.1) is 0 Å². The lowest BCUT2D eigenvalue weighted by Crippen LogP contribution is -2.13. The van der Waals surface area contributed by atoms with Crippen molar-refractivity contribution in [1.29, 1.82) is 0 Å². The van der Waals surface area contributed by atoms with E-state index in [2.05, 4.69) is 4.98 Å². The molecule has 13 heavy (non-hydrogen) atoms. The minimum Gasteiger partial charge on any atom is -0.263 e. The van der Waals surface area contributed by atoms with Crippen LogP contribution < -0.4 is 5.14 Å². The second-order valence-corrected chi connectivity index (χ2v) is 3.72. The molecule has 1 aromatic rings. The van der Waals surface area contributed by atoms with Crippen LogP contribution in [0.15, 0.2) is 23.4 Å². The molecule has 1 aromatic heterocycles. The van der Waals surface area contributed by atoms with Gasteiger partial charge >= 0.3 is 0 Å². The van der Waals surface area contributed by atoms with Gasteiger partial charge in [-0.05, 0) is 18.6 Å². The van der Waals surface area contributed by atoms with Gasteiger partial charge < -0.3 is 0 Å². The van der Waals surface area contributed by atoms with E-state index in [1.165, 1.54) is 12.4 Å². The molecule has 0 radical (unpaired) electrons. The largest absolute Gasteiger partial charge is 0.263 e. The Morgan fingerprint density at radius 3 is 2.23 bits per heavy atom. The summed E-state index contributed by atoms with van der Waals surface area (Å²) in [5.74, 6) is 0. The molecule has 0 aromatic carbocycles. The number of hydrogen-bond acceptors (Lipinski definition) is 3. The Morgan fingerprint density at radius 1 is 1.38 bits per heavy atom. The average molecular weight is 202 g/mol. The van der Waals surface area contributed by atoms with Crippen LogP contribution in [0.4, 0.5) is 0 Å². The van der Waals surface area contributed by atoms with E-state index in [9.17, 15) is 8.42 Å². The minimum atomic E-state index is -3.60. The van der Waals surface area contributed by atoms with Crippen molar-refractivity contribution in [3.63, 3.8) is 0 Å². The van der Waals surface area contributed by atoms with Crippen molar-refractivity contribution in [3.8, 4) is 0 Å². The summed E-state index contributed by atoms with van der Waals surface area (Å²) in [7, 11) is -3.60. The molecule has 0 aliphatic heterocycles. The smallest absolute Gasteiger partial charge is 0.239 e. The molecule has 0 aliphatic carbocycles. The van der Waals surface area contributed by atoms with E-state index in [0.29, 0.717) is 5.56 Å². The monoisotopic (exact) mass is 202 g/mol. The second kappa shape index (κ2) is 4.94. The summed E-state index contributed by atoms with van der Waals surface area (Å²) in [5, 5.41) is 4.89. The summed E-state index contributed by atoms with van der Waals surface area (Å²) in [6.45, 7) is 5.67. The van der Waals surface area contributed by atoms with E-state index < -0.39 is 10.0 Å². The maximum atomic E-state index is 10.8. The van der Waals surface area contributed by atoms with E-state index in [-0.39, 0.29) is 4.90 Å². The van der Waals surface area contributed by atoms with Gasteiger partial charge in [0.15, 0.2) is 0 Å². The van der Waals surface area contributed by atoms with Crippen LogP contribution in [-0.2, 0) is 10.0 Å². The molecule has 0 saturated carbocycles. The van der Waals surface area contributed by atoms with Crippen molar-refractivity contribution in [3.05, 3.63) is 24.0 Å². The number of nitrogens with zero attached hydrogens (tertiary/aromatic N) is 1. The van der Waals surface area contributed by atoms with Crippen LogP contribution in [0, 0.1) is 6.92 Å². The molecule has 0 fully saturated rings. The molecular formula is C8H14N2O2S. The van der Waals surface area contributed by atoms with Gasteiger partial charge in [0, 0.05) is 12.4 Å². The molecule has 2 N–H and O–H groups in total. The third kappa shape index (κ3) is 3.52. The van der Waals surface area contributed by atoms with Crippen molar-refractivity contribution in [2.45, 2.75) is 25.7 Å². The highest BCUT2D eigenvalue weighted by molar-refractivity contribution is 7.89. The summed E-state index contributed by atoms with van der Waals surface area (Å²) < 4.78 is 21.6. The lowest BCUT2D eigenvalue weighted by Gasteiger charge is -1.99. The van der Waals surface area contributed by atoms with Crippen LogP contribution in [0.2, 0.25) is 0 Å². The van der Waals surface area contributed by atoms with Gasteiger partial charge in [0.25, 0.3) is 0 Å². The zero-order valence-corrected chi connectivity index (χ0v) is 8.80. The Morgan fingerprint density at radius 2 is 1.92 bits per heavy atom. The van der Waals surface area contributed by atoms with Crippen LogP contribution in [0.25, 0.3) is 0 Å². The van der Waals surface area contributed by atoms with E-state index >= 15 is 0 Å². The minimum absolute atomic E-state index is 0.0833. The molecule has 5 heteroatoms. The molecule has 1 rings (SSSR count). The Balaban J connectivity index is 0.000000671. The number of rotatable bonds is 1. The van der Waals surface area contributed by atoms with Gasteiger partial charge in [-0.2, -0.15) is 0 Å². The Labute approximate surface area is 78.9 Å². The van der Waals surface area contributed by atoms with Gasteiger partial charge in [-0.1, -0.05) is 13.8 Å². The van der Waals surface area contributed by atoms with Crippen molar-refractivity contribution < 1.29 is 8.42 Å². The third-order valence-electron chi connectivity index (χ3n) is 1.30. The first-order chi connectivity index (χ1) is 6.02. The lowest BCUT2D eigenvalue weighted by atomic mass is 10.3. The van der Waals surface area contributed by atoms with Gasteiger partial charge in [-0.3, -0.25) is 4.98 Å². The highest BCUT2D eigenvalue weighted by Gasteiger charge is 2.09. The van der Waals surface area contributed by atoms with Crippen molar-refractivity contribution >= 4 is 10.0 Å². The quantitative estimate of drug-likeness (QED) is 0.740. The van der Waals surface area contributed by atoms with Crippen LogP contribution in [0.3, 0.4) is 0 Å². The van der Waals surface area contributed by atoms with E-state index in [1.54, 1.807) is 13.0 Å². The molecule has 0 amide bonds. The van der Waals surface area contributed by atoms with Crippen LogP contribution in [0.5, 0.6) is 0 Å². The fourth-order valence-corrected chi connectivity index (χ4v) is 1.47. The molecule has 0 unspecified atom stereocenters. The first kappa shape index (κ1) is 12.1. The molecule has 4 nitrogen and oxygen atoms in total. The molecule has 0 spiro atoms. The number of sulfonamides is 1. The molecule has 74 valence electrons. The van der Waals surface area contributed by atoms with Gasteiger partial charge in [0.1, 0.15) is 4.90 Å². The fraction of sp³-hybridized carbons (Fsp3) is 0.375. The number of hydrogen-bond donors (Lipinski definition) is 1. The van der Waals surface area contributed by atoms with E-state index in [0.717, 1.165) is 0 Å². The molecule has 0 saturated heterocycles. The Bertz CT molecular complexity index is 360. The van der Waals surface area contributed by atoms with E-state index in [4.69, 9.17) is 5.14 Å². The SMILES string of the molecule is CC.Cc1ccncc1S(N)(=O)=O. The molecular weight excluding hydrogens is 188 g/mol. The fourth-order valence-electron chi connectivity index (χ4n) is 0.747. The topological polar surface area (TPSA) is 73.0 Å². The number of pyridine rings is 1. The van der Waals surface area contributed by atoms with Crippen molar-refractivity contribution in [1.82, 2.24) is 4.98 Å². The molecule has 0 aliphatic rings. The van der Waals surface area contributed by atoms with Crippen LogP contribution in [0.1, 0.15) is 19.4 Å². The maximum absolute atomic E-state index is 10.8. The number of aryl methyl sites for hydroxylation is 1. The summed E-state index contributed by atoms with van der Waals surface area (Å²) in [5.41, 5.74) is 0.613. The highest BCUT2D eigenvalue weighted by Crippen LogP contribution is 2.09. The van der Waals surface area contributed by atoms with E-state index in [1.807, 2.05) is 13.8 Å². The van der Waals surface area contributed by atoms with Gasteiger partial charge in [-0.25, -0.2) is 13.6 Å². The molecule has 1 heterocycles. The van der Waals surface area contributed by atoms with Crippen molar-refractivity contribution in [2.24, 2.45) is 5.14 Å². The van der Waals surface area contributed by atoms with Crippen molar-refractivity contribution in [2.75, 3.05) is 0 Å². The Hall–Kier alpha value is -0.940. The average Bonchev–Trinajstić information content (AvgIpc) is 2.07. The summed E-state index contributed by atoms with van der Waals surface area (Å²) >= 11 is 0. The zero-order valence-electron chi connectivity index (χ0n) is 7.98. The van der Waals surface area contributed by atoms with Crippen LogP contribution in [-0.4, -0.2) is 13.4 Å². The summed E-state index contributed by atoms with van der Waals surface area (Å²) in [6, 6.07) is 1.60. The number of aromatic nitrogens is 1. The molecule has 0 atom stereocenters. The predicted octanol–water partition coefficient (Wildman–Crippen LogP) is 1.06. The number of nitrogens with two attached hydrogens (primary N) is 1. The normalized spacial score (nSPS) is 10.2. The third-order valence-corrected chi connectivity index (χ3v) is 2.34. The maximum Gasteiger partial charge on any atom is 0.239 e. The van der Waals surface area contributed by atoms with Gasteiger partial charge in [0.2, 0.25) is 10.0 Å². The number of primary sulfonamides is 1. The van der Waals surface area contributed by atoms with Crippen LogP contribution >= 0.6 is 0 Å². The highest BCUT2D eigenvalue weighted by atomic mass is 32.2. The standard InChI is InChI=1S/C6H8N2O2S.C2H6/c1-5-2-3-8-4-6(5)11(7,9)10;1-2/h2-4H,1H3,(H2,7,9,10);1-2H3. The van der Waals surface area contributed by atoms with Gasteiger partial charge in [-0.15, -0.1) is 0 Å². The summed E-state index contributed by atoms with van der Waals surface area (Å²) in [4.78, 5) is 3.74. The first-order valence-corrected chi connectivity index (χ1v) is 5.50. The zero-order chi connectivity index (χ0) is 10.5. The second-order valence-electron chi connectivity index (χ2n) is 2.19. The molecule has 0 bridgehead atoms. The lowest BCUT2D eigenvalue weighted by molar-refractivity contribution is 0.596. The first-order valence-electron chi connectivity index (χ1n) is 3.95.